The minimum absolute atomic E-state index is 0. The van der Waals surface area contributed by atoms with E-state index in [0.29, 0.717) is 5.69 Å². The molecule has 0 aliphatic carbocycles. The van der Waals surface area contributed by atoms with E-state index < -0.39 is 0 Å². The van der Waals surface area contributed by atoms with Crippen molar-refractivity contribution in [2.24, 2.45) is 4.99 Å². The van der Waals surface area contributed by atoms with Crippen LogP contribution >= 0.6 is 24.0 Å². The Morgan fingerprint density at radius 1 is 1.16 bits per heavy atom. The number of hydrogen-bond acceptors (Lipinski definition) is 3. The van der Waals surface area contributed by atoms with Gasteiger partial charge in [0.1, 0.15) is 5.82 Å². The number of hydrogen-bond donors (Lipinski definition) is 2. The minimum Gasteiger partial charge on any atom is -0.382 e. The van der Waals surface area contributed by atoms with Crippen LogP contribution in [-0.2, 0) is 4.74 Å². The molecule has 0 amide bonds. The number of para-hydroxylation sites is 1. The fourth-order valence-electron chi connectivity index (χ4n) is 2.31. The third-order valence-electron chi connectivity index (χ3n) is 3.66. The molecule has 0 aliphatic heterocycles. The molecule has 0 bridgehead atoms. The van der Waals surface area contributed by atoms with Gasteiger partial charge in [0.15, 0.2) is 5.96 Å². The number of benzene rings is 1. The van der Waals surface area contributed by atoms with E-state index in [2.05, 4.69) is 15.6 Å². The molecule has 0 radical (unpaired) electrons. The zero-order valence-electron chi connectivity index (χ0n) is 15.6. The maximum Gasteiger partial charge on any atom is 0.190 e. The molecule has 25 heavy (non-hydrogen) atoms. The van der Waals surface area contributed by atoms with E-state index in [4.69, 9.17) is 4.74 Å². The maximum absolute atomic E-state index is 13.7. The van der Waals surface area contributed by atoms with Gasteiger partial charge in [-0.25, -0.2) is 4.39 Å². The van der Waals surface area contributed by atoms with E-state index >= 15 is 0 Å². The van der Waals surface area contributed by atoms with E-state index in [-0.39, 0.29) is 29.8 Å². The summed E-state index contributed by atoms with van der Waals surface area (Å²) in [5.74, 6) is 0.623. The van der Waals surface area contributed by atoms with Gasteiger partial charge in [-0.3, -0.25) is 4.99 Å². The highest BCUT2D eigenvalue weighted by atomic mass is 127. The van der Waals surface area contributed by atoms with Gasteiger partial charge in [0.05, 0.1) is 5.69 Å². The predicted molar refractivity (Wildman–Crippen MR) is 115 cm³/mol. The molecule has 0 fully saturated rings. The van der Waals surface area contributed by atoms with Crippen molar-refractivity contribution in [3.63, 3.8) is 0 Å². The van der Waals surface area contributed by atoms with E-state index in [1.165, 1.54) is 6.07 Å². The van der Waals surface area contributed by atoms with Gasteiger partial charge in [0.25, 0.3) is 0 Å². The highest BCUT2D eigenvalue weighted by Crippen LogP contribution is 2.16. The summed E-state index contributed by atoms with van der Waals surface area (Å²) in [6, 6.07) is 6.84. The van der Waals surface area contributed by atoms with Crippen LogP contribution in [0.3, 0.4) is 0 Å². The lowest BCUT2D eigenvalue weighted by Crippen LogP contribution is -2.39. The van der Waals surface area contributed by atoms with Crippen LogP contribution in [0.4, 0.5) is 10.1 Å². The lowest BCUT2D eigenvalue weighted by molar-refractivity contribution is 0.143. The quantitative estimate of drug-likeness (QED) is 0.228. The van der Waals surface area contributed by atoms with Gasteiger partial charge in [0, 0.05) is 46.9 Å². The number of guanidine groups is 1. The Labute approximate surface area is 168 Å². The summed E-state index contributed by atoms with van der Waals surface area (Å²) >= 11 is 0. The Morgan fingerprint density at radius 3 is 2.48 bits per heavy atom. The third-order valence-corrected chi connectivity index (χ3v) is 3.66. The van der Waals surface area contributed by atoms with Crippen LogP contribution in [-0.4, -0.2) is 52.9 Å². The van der Waals surface area contributed by atoms with Crippen LogP contribution in [0, 0.1) is 5.82 Å². The van der Waals surface area contributed by atoms with Crippen molar-refractivity contribution < 1.29 is 9.13 Å². The summed E-state index contributed by atoms with van der Waals surface area (Å²) < 4.78 is 19.0. The first kappa shape index (κ1) is 23.9. The second-order valence-electron chi connectivity index (χ2n) is 5.56. The molecule has 5 nitrogen and oxygen atoms in total. The first-order chi connectivity index (χ1) is 11.7. The first-order valence-corrected chi connectivity index (χ1v) is 8.67. The molecule has 0 heterocycles. The van der Waals surface area contributed by atoms with Crippen LogP contribution in [0.15, 0.2) is 29.3 Å². The topological polar surface area (TPSA) is 48.9 Å². The maximum atomic E-state index is 13.7. The largest absolute Gasteiger partial charge is 0.382 e. The normalized spacial score (nSPS) is 11.0. The molecule has 0 aromatic heterocycles. The molecule has 0 saturated carbocycles. The van der Waals surface area contributed by atoms with Crippen LogP contribution in [0.1, 0.15) is 26.2 Å². The highest BCUT2D eigenvalue weighted by Gasteiger charge is 2.06. The van der Waals surface area contributed by atoms with Crippen LogP contribution in [0.5, 0.6) is 0 Å². The average molecular weight is 466 g/mol. The summed E-state index contributed by atoms with van der Waals surface area (Å²) in [4.78, 5) is 6.13. The van der Waals surface area contributed by atoms with Gasteiger partial charge >= 0.3 is 0 Å². The summed E-state index contributed by atoms with van der Waals surface area (Å²) in [7, 11) is 3.67. The molecule has 7 heteroatoms. The van der Waals surface area contributed by atoms with Crippen molar-refractivity contribution in [2.75, 3.05) is 51.8 Å². The van der Waals surface area contributed by atoms with Gasteiger partial charge in [-0.05, 0) is 38.3 Å². The van der Waals surface area contributed by atoms with Crippen molar-refractivity contribution in [1.82, 2.24) is 10.6 Å². The van der Waals surface area contributed by atoms with Crippen molar-refractivity contribution in [2.45, 2.75) is 26.2 Å². The molecule has 144 valence electrons. The predicted octanol–water partition coefficient (Wildman–Crippen LogP) is 3.25. The molecule has 2 N–H and O–H groups in total. The molecule has 1 rings (SSSR count). The highest BCUT2D eigenvalue weighted by molar-refractivity contribution is 14.0. The lowest BCUT2D eigenvalue weighted by atomic mass is 10.2. The van der Waals surface area contributed by atoms with Crippen LogP contribution in [0.25, 0.3) is 0 Å². The van der Waals surface area contributed by atoms with Crippen LogP contribution < -0.4 is 15.5 Å². The Balaban J connectivity index is 0.00000576. The Hall–Kier alpha value is -1.09. The second kappa shape index (κ2) is 15.2. The summed E-state index contributed by atoms with van der Waals surface area (Å²) in [5, 5.41) is 6.57. The number of ether oxygens (including phenoxy) is 1. The number of nitrogens with zero attached hydrogens (tertiary/aromatic N) is 2. The minimum atomic E-state index is -0.183. The molecule has 0 spiro atoms. The molecular weight excluding hydrogens is 434 g/mol. The van der Waals surface area contributed by atoms with Gasteiger partial charge in [0.2, 0.25) is 0 Å². The lowest BCUT2D eigenvalue weighted by Gasteiger charge is -2.20. The van der Waals surface area contributed by atoms with E-state index in [9.17, 15) is 4.39 Å². The smallest absolute Gasteiger partial charge is 0.190 e. The van der Waals surface area contributed by atoms with Crippen LogP contribution in [0.2, 0.25) is 0 Å². The number of rotatable bonds is 11. The van der Waals surface area contributed by atoms with E-state index in [1.807, 2.05) is 24.9 Å². The monoisotopic (exact) mass is 466 g/mol. The number of nitrogens with one attached hydrogen (secondary N) is 2. The molecular formula is C18H32FIN4O. The zero-order chi connectivity index (χ0) is 17.6. The van der Waals surface area contributed by atoms with E-state index in [1.54, 1.807) is 19.2 Å². The number of halogens is 2. The molecule has 0 saturated heterocycles. The molecule has 1 aromatic rings. The number of anilines is 1. The second-order valence-corrected chi connectivity index (χ2v) is 5.56. The van der Waals surface area contributed by atoms with Gasteiger partial charge in [-0.1, -0.05) is 12.1 Å². The molecule has 0 aliphatic rings. The zero-order valence-corrected chi connectivity index (χ0v) is 17.9. The Bertz CT molecular complexity index is 488. The van der Waals surface area contributed by atoms with Gasteiger partial charge < -0.3 is 20.3 Å². The first-order valence-electron chi connectivity index (χ1n) is 8.67. The van der Waals surface area contributed by atoms with Gasteiger partial charge in [-0.2, -0.15) is 0 Å². The Morgan fingerprint density at radius 2 is 1.84 bits per heavy atom. The summed E-state index contributed by atoms with van der Waals surface area (Å²) in [6.45, 7) is 6.04. The number of unbranched alkanes of at least 4 members (excludes halogenated alkanes) is 1. The standard InChI is InChI=1S/C18H31FN4O.HI/c1-4-24-15-8-7-12-21-18(20-2)22-13-9-14-23(3)17-11-6-5-10-16(17)19;/h5-6,10-11H,4,7-9,12-15H2,1-3H3,(H2,20,21,22);1H. The third kappa shape index (κ3) is 10.5. The van der Waals surface area contributed by atoms with Crippen molar-refractivity contribution in [3.05, 3.63) is 30.1 Å². The summed E-state index contributed by atoms with van der Waals surface area (Å²) in [5.41, 5.74) is 0.634. The van der Waals surface area contributed by atoms with Crippen molar-refractivity contribution in [3.8, 4) is 0 Å². The fourth-order valence-corrected chi connectivity index (χ4v) is 2.31. The molecule has 0 unspecified atom stereocenters. The molecule has 0 atom stereocenters. The van der Waals surface area contributed by atoms with Crippen molar-refractivity contribution >= 4 is 35.6 Å². The molecule has 1 aromatic carbocycles. The average Bonchev–Trinajstić information content (AvgIpc) is 2.59. The fraction of sp³-hybridized carbons (Fsp3) is 0.611. The Kier molecular flexibility index (Phi) is 14.5. The summed E-state index contributed by atoms with van der Waals surface area (Å²) in [6.07, 6.45) is 3.00. The van der Waals surface area contributed by atoms with Gasteiger partial charge in [-0.15, -0.1) is 24.0 Å². The van der Waals surface area contributed by atoms with Crippen molar-refractivity contribution in [1.29, 1.82) is 0 Å². The SMILES string of the molecule is CCOCCCCNC(=NC)NCCCN(C)c1ccccc1F.I. The number of aliphatic imine (C=N–C) groups is 1. The van der Waals surface area contributed by atoms with E-state index in [0.717, 1.165) is 58.1 Å².